The van der Waals surface area contributed by atoms with E-state index >= 15 is 0 Å². The van der Waals surface area contributed by atoms with Crippen molar-refractivity contribution in [2.75, 3.05) is 45.9 Å². The molecule has 2 rings (SSSR count). The van der Waals surface area contributed by atoms with Crippen molar-refractivity contribution in [3.63, 3.8) is 0 Å². The van der Waals surface area contributed by atoms with E-state index in [4.69, 9.17) is 4.74 Å². The molecule has 0 aliphatic carbocycles. The van der Waals surface area contributed by atoms with Crippen LogP contribution >= 0.6 is 24.8 Å². The van der Waals surface area contributed by atoms with Gasteiger partial charge in [-0.25, -0.2) is 0 Å². The van der Waals surface area contributed by atoms with Gasteiger partial charge in [0.15, 0.2) is 0 Å². The quantitative estimate of drug-likeness (QED) is 0.632. The molecule has 0 aromatic heterocycles. The van der Waals surface area contributed by atoms with Crippen LogP contribution in [0.25, 0.3) is 0 Å². The van der Waals surface area contributed by atoms with Crippen LogP contribution in [0.3, 0.4) is 0 Å². The van der Waals surface area contributed by atoms with E-state index in [0.29, 0.717) is 26.2 Å². The van der Waals surface area contributed by atoms with Gasteiger partial charge in [0.05, 0.1) is 12.7 Å². The van der Waals surface area contributed by atoms with Crippen molar-refractivity contribution in [1.29, 1.82) is 0 Å². The highest BCUT2D eigenvalue weighted by Gasteiger charge is 2.29. The van der Waals surface area contributed by atoms with Crippen molar-refractivity contribution in [3.8, 4) is 0 Å². The molecule has 2 saturated heterocycles. The number of aliphatic hydroxyl groups is 1. The van der Waals surface area contributed by atoms with E-state index in [-0.39, 0.29) is 48.8 Å². The molecule has 2 fully saturated rings. The largest absolute Gasteiger partial charge is 0.391 e. The van der Waals surface area contributed by atoms with Gasteiger partial charge in [0.25, 0.3) is 0 Å². The summed E-state index contributed by atoms with van der Waals surface area (Å²) in [5, 5.41) is 15.6. The molecule has 0 aromatic rings. The van der Waals surface area contributed by atoms with Crippen LogP contribution < -0.4 is 10.6 Å². The second-order valence-corrected chi connectivity index (χ2v) is 4.98. The van der Waals surface area contributed by atoms with Crippen LogP contribution in [-0.4, -0.2) is 74.0 Å². The Morgan fingerprint density at radius 1 is 1.45 bits per heavy atom. The second-order valence-electron chi connectivity index (χ2n) is 4.98. The summed E-state index contributed by atoms with van der Waals surface area (Å²) in [6.45, 7) is 7.08. The zero-order chi connectivity index (χ0) is 13.0. The summed E-state index contributed by atoms with van der Waals surface area (Å²) in [5.41, 5.74) is 0. The van der Waals surface area contributed by atoms with Gasteiger partial charge in [-0.2, -0.15) is 0 Å². The summed E-state index contributed by atoms with van der Waals surface area (Å²) in [4.78, 5) is 14.2. The van der Waals surface area contributed by atoms with E-state index in [1.807, 2.05) is 0 Å². The Balaban J connectivity index is 0.00000180. The molecular weight excluding hydrogens is 305 g/mol. The first-order valence-electron chi connectivity index (χ1n) is 6.71. The number of rotatable bonds is 4. The highest BCUT2D eigenvalue weighted by molar-refractivity contribution is 5.85. The normalized spacial score (nSPS) is 30.2. The third-order valence-electron chi connectivity index (χ3n) is 3.73. The molecule has 0 bridgehead atoms. The van der Waals surface area contributed by atoms with E-state index in [9.17, 15) is 9.90 Å². The number of carbonyl (C=O) groups excluding carboxylic acids is 1. The number of ether oxygens (including phenoxy) is 1. The van der Waals surface area contributed by atoms with Crippen LogP contribution in [0, 0.1) is 5.92 Å². The zero-order valence-corrected chi connectivity index (χ0v) is 13.3. The first-order chi connectivity index (χ1) is 8.70. The Labute approximate surface area is 132 Å². The van der Waals surface area contributed by atoms with Crippen LogP contribution in [0.2, 0.25) is 0 Å². The van der Waals surface area contributed by atoms with Gasteiger partial charge in [0.1, 0.15) is 6.10 Å². The summed E-state index contributed by atoms with van der Waals surface area (Å²) >= 11 is 0. The SMILES string of the molecule is CCN1CCOC(C(=O)NCC2CNCC2O)C1.Cl.Cl. The van der Waals surface area contributed by atoms with Gasteiger partial charge in [0.2, 0.25) is 5.91 Å². The summed E-state index contributed by atoms with van der Waals surface area (Å²) in [7, 11) is 0. The number of halogens is 2. The Morgan fingerprint density at radius 2 is 2.20 bits per heavy atom. The third kappa shape index (κ3) is 5.35. The minimum Gasteiger partial charge on any atom is -0.391 e. The number of morpholine rings is 1. The van der Waals surface area contributed by atoms with Gasteiger partial charge in [-0.15, -0.1) is 24.8 Å². The van der Waals surface area contributed by atoms with Crippen molar-refractivity contribution in [2.24, 2.45) is 5.92 Å². The predicted octanol–water partition coefficient (Wildman–Crippen LogP) is -0.753. The molecule has 2 aliphatic rings. The van der Waals surface area contributed by atoms with Crippen LogP contribution in [0.1, 0.15) is 6.92 Å². The molecule has 0 saturated carbocycles. The predicted molar refractivity (Wildman–Crippen MR) is 81.7 cm³/mol. The van der Waals surface area contributed by atoms with Gasteiger partial charge in [-0.3, -0.25) is 9.69 Å². The van der Waals surface area contributed by atoms with Gasteiger partial charge in [-0.1, -0.05) is 6.92 Å². The number of hydrogen-bond acceptors (Lipinski definition) is 5. The fourth-order valence-corrected chi connectivity index (χ4v) is 2.42. The molecule has 0 spiro atoms. The lowest BCUT2D eigenvalue weighted by Gasteiger charge is -2.31. The van der Waals surface area contributed by atoms with Crippen LogP contribution in [0.15, 0.2) is 0 Å². The molecule has 8 heteroatoms. The number of likely N-dealkylation sites (N-methyl/N-ethyl adjacent to an activating group) is 1. The topological polar surface area (TPSA) is 73.8 Å². The van der Waals surface area contributed by atoms with Crippen LogP contribution in [0.5, 0.6) is 0 Å². The average Bonchev–Trinajstić information content (AvgIpc) is 2.81. The molecular formula is C12H25Cl2N3O3. The highest BCUT2D eigenvalue weighted by Crippen LogP contribution is 2.08. The number of carbonyl (C=O) groups is 1. The molecule has 0 aromatic carbocycles. The van der Waals surface area contributed by atoms with E-state index < -0.39 is 0 Å². The number of nitrogens with zero attached hydrogens (tertiary/aromatic N) is 1. The van der Waals surface area contributed by atoms with E-state index in [0.717, 1.165) is 19.6 Å². The van der Waals surface area contributed by atoms with Crippen molar-refractivity contribution in [2.45, 2.75) is 19.1 Å². The number of hydrogen-bond donors (Lipinski definition) is 3. The number of nitrogens with one attached hydrogen (secondary N) is 2. The summed E-state index contributed by atoms with van der Waals surface area (Å²) in [6.07, 6.45) is -0.727. The van der Waals surface area contributed by atoms with Crippen LogP contribution in [0.4, 0.5) is 0 Å². The smallest absolute Gasteiger partial charge is 0.250 e. The molecule has 0 radical (unpaired) electrons. The van der Waals surface area contributed by atoms with Gasteiger partial charge >= 0.3 is 0 Å². The first kappa shape index (κ1) is 19.9. The zero-order valence-electron chi connectivity index (χ0n) is 11.7. The molecule has 20 heavy (non-hydrogen) atoms. The van der Waals surface area contributed by atoms with E-state index in [1.165, 1.54) is 0 Å². The maximum Gasteiger partial charge on any atom is 0.250 e. The minimum atomic E-state index is -0.370. The average molecular weight is 330 g/mol. The van der Waals surface area contributed by atoms with E-state index in [1.54, 1.807) is 0 Å². The van der Waals surface area contributed by atoms with Crippen molar-refractivity contribution in [3.05, 3.63) is 0 Å². The fraction of sp³-hybridized carbons (Fsp3) is 0.917. The van der Waals surface area contributed by atoms with Gasteiger partial charge in [-0.05, 0) is 6.54 Å². The molecule has 2 heterocycles. The molecule has 6 nitrogen and oxygen atoms in total. The molecule has 1 amide bonds. The lowest BCUT2D eigenvalue weighted by atomic mass is 10.1. The standard InChI is InChI=1S/C12H23N3O3.2ClH/c1-2-15-3-4-18-11(8-15)12(17)14-6-9-5-13-7-10(9)16;;/h9-11,13,16H,2-8H2,1H3,(H,14,17);2*1H. The Hall–Kier alpha value is -0.110. The number of β-amino-alcohol motifs (C(OH)–C–C–N with tert-alkyl or cyclic N) is 1. The molecule has 3 atom stereocenters. The summed E-state index contributed by atoms with van der Waals surface area (Å²) in [5.74, 6) is 0.0482. The van der Waals surface area contributed by atoms with Crippen molar-refractivity contribution in [1.82, 2.24) is 15.5 Å². The summed E-state index contributed by atoms with van der Waals surface area (Å²) in [6, 6.07) is 0. The number of amides is 1. The maximum atomic E-state index is 12.0. The molecule has 3 N–H and O–H groups in total. The minimum absolute atomic E-state index is 0. The maximum absolute atomic E-state index is 12.0. The van der Waals surface area contributed by atoms with Gasteiger partial charge in [0, 0.05) is 38.6 Å². The lowest BCUT2D eigenvalue weighted by molar-refractivity contribution is -0.138. The Morgan fingerprint density at radius 3 is 2.80 bits per heavy atom. The third-order valence-corrected chi connectivity index (χ3v) is 3.73. The molecule has 3 unspecified atom stereocenters. The monoisotopic (exact) mass is 329 g/mol. The van der Waals surface area contributed by atoms with Crippen LogP contribution in [-0.2, 0) is 9.53 Å². The lowest BCUT2D eigenvalue weighted by Crippen LogP contribution is -2.50. The Bertz CT molecular complexity index is 297. The first-order valence-corrected chi connectivity index (χ1v) is 6.71. The van der Waals surface area contributed by atoms with Crippen molar-refractivity contribution >= 4 is 30.7 Å². The fourth-order valence-electron chi connectivity index (χ4n) is 2.42. The molecule has 120 valence electrons. The molecule has 2 aliphatic heterocycles. The van der Waals surface area contributed by atoms with E-state index in [2.05, 4.69) is 22.5 Å². The van der Waals surface area contributed by atoms with Crippen molar-refractivity contribution < 1.29 is 14.6 Å². The Kier molecular flexibility index (Phi) is 9.71. The number of aliphatic hydroxyl groups excluding tert-OH is 1. The second kappa shape index (κ2) is 9.76. The summed E-state index contributed by atoms with van der Waals surface area (Å²) < 4.78 is 5.48. The van der Waals surface area contributed by atoms with Gasteiger partial charge < -0.3 is 20.5 Å². The highest BCUT2D eigenvalue weighted by atomic mass is 35.5.